The number of hydrogen-bond donors (Lipinski definition) is 0. The molecule has 0 spiro atoms. The summed E-state index contributed by atoms with van der Waals surface area (Å²) in [6.45, 7) is 4.54. The Bertz CT molecular complexity index is 870. The number of likely N-dealkylation sites (tertiary alicyclic amines) is 1. The maximum absolute atomic E-state index is 12.3. The fourth-order valence-electron chi connectivity index (χ4n) is 4.62. The highest BCUT2D eigenvalue weighted by Gasteiger charge is 2.31. The molecule has 0 N–H and O–H groups in total. The van der Waals surface area contributed by atoms with E-state index >= 15 is 0 Å². The van der Waals surface area contributed by atoms with Crippen molar-refractivity contribution in [1.29, 1.82) is 0 Å². The molecule has 0 saturated carbocycles. The lowest BCUT2D eigenvalue weighted by Crippen LogP contribution is -2.51. The lowest BCUT2D eigenvalue weighted by atomic mass is 9.94. The number of aromatic nitrogens is 2. The summed E-state index contributed by atoms with van der Waals surface area (Å²) >= 11 is 0. The molecule has 1 aromatic heterocycles. The van der Waals surface area contributed by atoms with E-state index in [1.807, 2.05) is 0 Å². The summed E-state index contributed by atoms with van der Waals surface area (Å²) in [6.07, 6.45) is 4.36. The molecule has 3 aliphatic rings. The molecule has 1 aromatic carbocycles. The van der Waals surface area contributed by atoms with E-state index in [-0.39, 0.29) is 11.7 Å². The van der Waals surface area contributed by atoms with Gasteiger partial charge in [-0.25, -0.2) is 4.68 Å². The summed E-state index contributed by atoms with van der Waals surface area (Å²) in [5.74, 6) is 0.512. The minimum Gasteiger partial charge on any atom is -0.372 e. The van der Waals surface area contributed by atoms with E-state index in [1.165, 1.54) is 11.1 Å². The van der Waals surface area contributed by atoms with Crippen LogP contribution in [-0.4, -0.2) is 40.9 Å². The fourth-order valence-corrected chi connectivity index (χ4v) is 4.62. The summed E-state index contributed by atoms with van der Waals surface area (Å²) in [6, 6.07) is 10.4. The van der Waals surface area contributed by atoms with Crippen molar-refractivity contribution < 1.29 is 4.74 Å². The Morgan fingerprint density at radius 3 is 2.88 bits per heavy atom. The van der Waals surface area contributed by atoms with Gasteiger partial charge in [-0.05, 0) is 42.4 Å². The maximum atomic E-state index is 12.3. The first-order valence-electron chi connectivity index (χ1n) is 9.78. The van der Waals surface area contributed by atoms with Gasteiger partial charge in [0.05, 0.1) is 24.9 Å². The third kappa shape index (κ3) is 2.99. The van der Waals surface area contributed by atoms with Gasteiger partial charge in [0.25, 0.3) is 5.56 Å². The summed E-state index contributed by atoms with van der Waals surface area (Å²) < 4.78 is 7.72. The second kappa shape index (κ2) is 6.63. The molecule has 3 heterocycles. The van der Waals surface area contributed by atoms with Crippen molar-refractivity contribution in [1.82, 2.24) is 14.7 Å². The molecule has 1 unspecified atom stereocenters. The highest BCUT2D eigenvalue weighted by molar-refractivity contribution is 5.31. The van der Waals surface area contributed by atoms with Gasteiger partial charge in [-0.1, -0.05) is 24.3 Å². The minimum atomic E-state index is 0.0636. The molecule has 0 bridgehead atoms. The average molecular weight is 351 g/mol. The average Bonchev–Trinajstić information content (AvgIpc) is 3.07. The highest BCUT2D eigenvalue weighted by atomic mass is 16.5. The first-order chi connectivity index (χ1) is 12.8. The smallest absolute Gasteiger partial charge is 0.267 e. The van der Waals surface area contributed by atoms with Crippen LogP contribution in [0.1, 0.15) is 34.9 Å². The molecular weight excluding hydrogens is 326 g/mol. The minimum absolute atomic E-state index is 0.0636. The Morgan fingerprint density at radius 1 is 1.08 bits per heavy atom. The van der Waals surface area contributed by atoms with Crippen LogP contribution in [0.25, 0.3) is 0 Å². The number of benzene rings is 1. The first kappa shape index (κ1) is 16.2. The van der Waals surface area contributed by atoms with Crippen LogP contribution in [0.2, 0.25) is 0 Å². The highest BCUT2D eigenvalue weighted by Crippen LogP contribution is 2.30. The molecule has 5 rings (SSSR count). The van der Waals surface area contributed by atoms with Gasteiger partial charge in [-0.2, -0.15) is 5.10 Å². The Balaban J connectivity index is 1.20. The number of aryl methyl sites for hydroxylation is 2. The standard InChI is InChI=1S/C21H25N3O2/c25-21-10-17-5-3-7-19(17)22-24(21)13-15-11-23(12-15)14-20-18-6-2-1-4-16(18)8-9-26-20/h1-2,4,6,10,15,20H,3,5,7-9,11-14H2. The molecule has 5 heteroatoms. The molecule has 1 aliphatic carbocycles. The van der Waals surface area contributed by atoms with Crippen molar-refractivity contribution in [2.75, 3.05) is 26.2 Å². The van der Waals surface area contributed by atoms with Gasteiger partial charge < -0.3 is 4.74 Å². The maximum Gasteiger partial charge on any atom is 0.267 e. The Morgan fingerprint density at radius 2 is 1.96 bits per heavy atom. The predicted octanol–water partition coefficient (Wildman–Crippen LogP) is 1.98. The molecule has 1 fully saturated rings. The Hall–Kier alpha value is -1.98. The van der Waals surface area contributed by atoms with Crippen LogP contribution in [0.3, 0.4) is 0 Å². The summed E-state index contributed by atoms with van der Waals surface area (Å²) in [7, 11) is 0. The van der Waals surface area contributed by atoms with Crippen molar-refractivity contribution in [3.63, 3.8) is 0 Å². The van der Waals surface area contributed by atoms with Gasteiger partial charge >= 0.3 is 0 Å². The molecule has 136 valence electrons. The number of fused-ring (bicyclic) bond motifs is 2. The van der Waals surface area contributed by atoms with E-state index in [0.29, 0.717) is 5.92 Å². The molecule has 5 nitrogen and oxygen atoms in total. The van der Waals surface area contributed by atoms with Crippen molar-refractivity contribution in [2.45, 2.75) is 38.3 Å². The monoisotopic (exact) mass is 351 g/mol. The van der Waals surface area contributed by atoms with Crippen molar-refractivity contribution >= 4 is 0 Å². The number of hydrogen-bond acceptors (Lipinski definition) is 4. The third-order valence-electron chi connectivity index (χ3n) is 6.00. The fraction of sp³-hybridized carbons (Fsp3) is 0.524. The molecule has 1 atom stereocenters. The molecular formula is C21H25N3O2. The normalized spacial score (nSPS) is 22.7. The van der Waals surface area contributed by atoms with Gasteiger partial charge in [-0.15, -0.1) is 0 Å². The van der Waals surface area contributed by atoms with E-state index in [0.717, 1.165) is 69.7 Å². The largest absolute Gasteiger partial charge is 0.372 e. The molecule has 1 saturated heterocycles. The summed E-state index contributed by atoms with van der Waals surface area (Å²) in [5.41, 5.74) is 5.13. The second-order valence-electron chi connectivity index (χ2n) is 7.88. The molecule has 26 heavy (non-hydrogen) atoms. The van der Waals surface area contributed by atoms with E-state index in [4.69, 9.17) is 4.74 Å². The lowest BCUT2D eigenvalue weighted by molar-refractivity contribution is -0.0177. The van der Waals surface area contributed by atoms with Gasteiger partial charge in [0.1, 0.15) is 0 Å². The van der Waals surface area contributed by atoms with E-state index in [1.54, 1.807) is 10.7 Å². The number of ether oxygens (including phenoxy) is 1. The molecule has 0 amide bonds. The second-order valence-corrected chi connectivity index (χ2v) is 7.88. The lowest BCUT2D eigenvalue weighted by Gasteiger charge is -2.42. The van der Waals surface area contributed by atoms with Crippen LogP contribution in [-0.2, 0) is 30.5 Å². The van der Waals surface area contributed by atoms with Crippen molar-refractivity contribution in [3.05, 3.63) is 63.1 Å². The SMILES string of the molecule is O=c1cc2c(nn1CC1CN(CC3OCCc4ccccc43)C1)CCC2. The molecule has 2 aliphatic heterocycles. The van der Waals surface area contributed by atoms with Crippen molar-refractivity contribution in [3.8, 4) is 0 Å². The zero-order valence-electron chi connectivity index (χ0n) is 15.1. The topological polar surface area (TPSA) is 47.4 Å². The van der Waals surface area contributed by atoms with Crippen LogP contribution in [0, 0.1) is 5.92 Å². The summed E-state index contributed by atoms with van der Waals surface area (Å²) in [4.78, 5) is 14.7. The Labute approximate surface area is 153 Å². The van der Waals surface area contributed by atoms with Crippen LogP contribution < -0.4 is 5.56 Å². The van der Waals surface area contributed by atoms with Crippen LogP contribution in [0.4, 0.5) is 0 Å². The predicted molar refractivity (Wildman–Crippen MR) is 99.3 cm³/mol. The van der Waals surface area contributed by atoms with Gasteiger partial charge in [0.2, 0.25) is 0 Å². The zero-order valence-corrected chi connectivity index (χ0v) is 15.1. The van der Waals surface area contributed by atoms with Gasteiger partial charge in [0.15, 0.2) is 0 Å². The summed E-state index contributed by atoms with van der Waals surface area (Å²) in [5, 5.41) is 4.61. The van der Waals surface area contributed by atoms with E-state index in [9.17, 15) is 4.79 Å². The van der Waals surface area contributed by atoms with Crippen LogP contribution in [0.5, 0.6) is 0 Å². The third-order valence-corrected chi connectivity index (χ3v) is 6.00. The van der Waals surface area contributed by atoms with E-state index in [2.05, 4.69) is 34.3 Å². The van der Waals surface area contributed by atoms with E-state index < -0.39 is 0 Å². The molecule has 0 radical (unpaired) electrons. The Kier molecular flexibility index (Phi) is 4.14. The number of nitrogens with zero attached hydrogens (tertiary/aromatic N) is 3. The van der Waals surface area contributed by atoms with Crippen LogP contribution >= 0.6 is 0 Å². The van der Waals surface area contributed by atoms with Crippen molar-refractivity contribution in [2.24, 2.45) is 5.92 Å². The first-order valence-corrected chi connectivity index (χ1v) is 9.78. The zero-order chi connectivity index (χ0) is 17.5. The molecule has 2 aromatic rings. The van der Waals surface area contributed by atoms with Crippen LogP contribution in [0.15, 0.2) is 35.1 Å². The van der Waals surface area contributed by atoms with Gasteiger partial charge in [-0.3, -0.25) is 9.69 Å². The van der Waals surface area contributed by atoms with Gasteiger partial charge in [0, 0.05) is 31.6 Å². The quantitative estimate of drug-likeness (QED) is 0.845. The number of rotatable bonds is 4.